The van der Waals surface area contributed by atoms with Gasteiger partial charge < -0.3 is 0 Å². The van der Waals surface area contributed by atoms with Crippen molar-refractivity contribution in [3.8, 4) is 22.0 Å². The standard InChI is InChI=1S/C16H11ClN4S/c1-10-5-2-3-8-13(10)14-18-19-16-21(14)20-15(22-16)11-6-4-7-12(17)9-11/h2-9H,1H3. The number of hydrogen-bond acceptors (Lipinski definition) is 4. The summed E-state index contributed by atoms with van der Waals surface area (Å²) in [6.07, 6.45) is 0. The molecule has 0 aliphatic rings. The van der Waals surface area contributed by atoms with Gasteiger partial charge in [-0.3, -0.25) is 0 Å². The second kappa shape index (κ2) is 5.19. The monoisotopic (exact) mass is 326 g/mol. The van der Waals surface area contributed by atoms with Gasteiger partial charge in [0.05, 0.1) is 0 Å². The minimum absolute atomic E-state index is 0.697. The highest BCUT2D eigenvalue weighted by atomic mass is 35.5. The maximum absolute atomic E-state index is 6.06. The molecule has 0 unspecified atom stereocenters. The number of benzene rings is 2. The SMILES string of the molecule is Cc1ccccc1-c1nnc2sc(-c3cccc(Cl)c3)nn12. The summed E-state index contributed by atoms with van der Waals surface area (Å²) in [5.41, 5.74) is 3.17. The predicted molar refractivity (Wildman–Crippen MR) is 89.3 cm³/mol. The summed E-state index contributed by atoms with van der Waals surface area (Å²) in [4.78, 5) is 0.772. The highest BCUT2D eigenvalue weighted by Gasteiger charge is 2.15. The molecule has 0 spiro atoms. The number of fused-ring (bicyclic) bond motifs is 1. The van der Waals surface area contributed by atoms with Crippen molar-refractivity contribution < 1.29 is 0 Å². The fourth-order valence-electron chi connectivity index (χ4n) is 2.35. The maximum Gasteiger partial charge on any atom is 0.235 e. The van der Waals surface area contributed by atoms with E-state index in [1.807, 2.05) is 42.5 Å². The molecule has 2 aromatic heterocycles. The van der Waals surface area contributed by atoms with E-state index >= 15 is 0 Å². The van der Waals surface area contributed by atoms with E-state index in [4.69, 9.17) is 11.6 Å². The fraction of sp³-hybridized carbons (Fsp3) is 0.0625. The summed E-state index contributed by atoms with van der Waals surface area (Å²) < 4.78 is 1.79. The molecule has 2 heterocycles. The molecule has 4 aromatic rings. The van der Waals surface area contributed by atoms with E-state index < -0.39 is 0 Å². The van der Waals surface area contributed by atoms with Crippen LogP contribution in [0.1, 0.15) is 5.56 Å². The molecule has 0 amide bonds. The molecule has 6 heteroatoms. The van der Waals surface area contributed by atoms with E-state index in [0.29, 0.717) is 5.02 Å². The van der Waals surface area contributed by atoms with Crippen molar-refractivity contribution in [2.24, 2.45) is 0 Å². The van der Waals surface area contributed by atoms with Gasteiger partial charge in [-0.2, -0.15) is 9.61 Å². The van der Waals surface area contributed by atoms with Crippen LogP contribution in [-0.2, 0) is 0 Å². The first-order valence-corrected chi connectivity index (χ1v) is 7.96. The minimum Gasteiger partial charge on any atom is -0.182 e. The number of aryl methyl sites for hydroxylation is 1. The van der Waals surface area contributed by atoms with Crippen molar-refractivity contribution in [3.05, 3.63) is 59.1 Å². The number of aromatic nitrogens is 4. The van der Waals surface area contributed by atoms with Crippen LogP contribution < -0.4 is 0 Å². The highest BCUT2D eigenvalue weighted by Crippen LogP contribution is 2.30. The van der Waals surface area contributed by atoms with Gasteiger partial charge in [-0.25, -0.2) is 0 Å². The van der Waals surface area contributed by atoms with Crippen LogP contribution in [0.4, 0.5) is 0 Å². The van der Waals surface area contributed by atoms with E-state index in [1.165, 1.54) is 11.3 Å². The van der Waals surface area contributed by atoms with Gasteiger partial charge in [0.15, 0.2) is 5.82 Å². The Bertz CT molecular complexity index is 973. The van der Waals surface area contributed by atoms with Crippen molar-refractivity contribution in [1.29, 1.82) is 0 Å². The molecule has 0 aliphatic heterocycles. The van der Waals surface area contributed by atoms with E-state index in [1.54, 1.807) is 4.52 Å². The van der Waals surface area contributed by atoms with Crippen molar-refractivity contribution in [2.75, 3.05) is 0 Å². The smallest absolute Gasteiger partial charge is 0.182 e. The fourth-order valence-corrected chi connectivity index (χ4v) is 3.37. The summed E-state index contributed by atoms with van der Waals surface area (Å²) in [7, 11) is 0. The van der Waals surface area contributed by atoms with Gasteiger partial charge in [-0.1, -0.05) is 59.3 Å². The first kappa shape index (κ1) is 13.4. The summed E-state index contributed by atoms with van der Waals surface area (Å²) in [5, 5.41) is 14.7. The summed E-state index contributed by atoms with van der Waals surface area (Å²) in [6.45, 7) is 2.06. The van der Waals surface area contributed by atoms with Crippen LogP contribution >= 0.6 is 22.9 Å². The zero-order valence-corrected chi connectivity index (χ0v) is 13.3. The Morgan fingerprint density at radius 3 is 2.73 bits per heavy atom. The molecule has 0 saturated heterocycles. The zero-order chi connectivity index (χ0) is 15.1. The molecule has 0 fully saturated rings. The van der Waals surface area contributed by atoms with Crippen LogP contribution in [0.2, 0.25) is 5.02 Å². The molecular formula is C16H11ClN4S. The molecule has 0 radical (unpaired) electrons. The molecule has 0 N–H and O–H groups in total. The van der Waals surface area contributed by atoms with E-state index in [0.717, 1.165) is 32.5 Å². The molecule has 4 rings (SSSR count). The first-order chi connectivity index (χ1) is 10.7. The third-order valence-corrected chi connectivity index (χ3v) is 4.63. The van der Waals surface area contributed by atoms with Crippen molar-refractivity contribution in [1.82, 2.24) is 19.8 Å². The molecule has 0 bridgehead atoms. The molecule has 108 valence electrons. The Kier molecular flexibility index (Phi) is 3.17. The number of halogens is 1. The second-order valence-corrected chi connectivity index (χ2v) is 6.34. The van der Waals surface area contributed by atoms with Crippen LogP contribution in [0.5, 0.6) is 0 Å². The van der Waals surface area contributed by atoms with Crippen molar-refractivity contribution in [3.63, 3.8) is 0 Å². The predicted octanol–water partition coefficient (Wildman–Crippen LogP) is 4.48. The van der Waals surface area contributed by atoms with Gasteiger partial charge >= 0.3 is 0 Å². The van der Waals surface area contributed by atoms with Crippen molar-refractivity contribution in [2.45, 2.75) is 6.92 Å². The number of nitrogens with zero attached hydrogens (tertiary/aromatic N) is 4. The Morgan fingerprint density at radius 1 is 1.05 bits per heavy atom. The number of rotatable bonds is 2. The normalized spacial score (nSPS) is 11.2. The molecule has 0 atom stereocenters. The Labute approximate surface area is 136 Å². The Morgan fingerprint density at radius 2 is 1.91 bits per heavy atom. The molecule has 4 nitrogen and oxygen atoms in total. The summed E-state index contributed by atoms with van der Waals surface area (Å²) in [6, 6.07) is 15.8. The van der Waals surface area contributed by atoms with Gasteiger partial charge in [0.1, 0.15) is 5.01 Å². The topological polar surface area (TPSA) is 43.1 Å². The van der Waals surface area contributed by atoms with Gasteiger partial charge in [-0.15, -0.1) is 10.2 Å². The summed E-state index contributed by atoms with van der Waals surface area (Å²) in [5.74, 6) is 0.762. The van der Waals surface area contributed by atoms with Gasteiger partial charge in [0.25, 0.3) is 0 Å². The van der Waals surface area contributed by atoms with Crippen LogP contribution in [0.15, 0.2) is 48.5 Å². The lowest BCUT2D eigenvalue weighted by Gasteiger charge is -2.01. The molecule has 0 aliphatic carbocycles. The van der Waals surface area contributed by atoms with E-state index in [-0.39, 0.29) is 0 Å². The first-order valence-electron chi connectivity index (χ1n) is 6.76. The van der Waals surface area contributed by atoms with Gasteiger partial charge in [-0.05, 0) is 24.6 Å². The quantitative estimate of drug-likeness (QED) is 0.545. The third-order valence-electron chi connectivity index (χ3n) is 3.45. The van der Waals surface area contributed by atoms with Crippen LogP contribution in [0.3, 0.4) is 0 Å². The molecule has 0 saturated carbocycles. The second-order valence-electron chi connectivity index (χ2n) is 4.95. The van der Waals surface area contributed by atoms with Gasteiger partial charge in [0, 0.05) is 16.1 Å². The Balaban J connectivity index is 1.88. The highest BCUT2D eigenvalue weighted by molar-refractivity contribution is 7.19. The van der Waals surface area contributed by atoms with Crippen molar-refractivity contribution >= 4 is 27.9 Å². The Hall–Kier alpha value is -2.24. The van der Waals surface area contributed by atoms with Gasteiger partial charge in [0.2, 0.25) is 4.96 Å². The lowest BCUT2D eigenvalue weighted by Crippen LogP contribution is -1.92. The number of hydrogen-bond donors (Lipinski definition) is 0. The summed E-state index contributed by atoms with van der Waals surface area (Å²) >= 11 is 7.56. The average molecular weight is 327 g/mol. The molecule has 22 heavy (non-hydrogen) atoms. The third kappa shape index (κ3) is 2.19. The van der Waals surface area contributed by atoms with Crippen LogP contribution in [-0.4, -0.2) is 19.8 Å². The molecule has 2 aromatic carbocycles. The minimum atomic E-state index is 0.697. The average Bonchev–Trinajstić information content (AvgIpc) is 3.08. The lowest BCUT2D eigenvalue weighted by atomic mass is 10.1. The van der Waals surface area contributed by atoms with Crippen LogP contribution in [0, 0.1) is 6.92 Å². The van der Waals surface area contributed by atoms with E-state index in [9.17, 15) is 0 Å². The zero-order valence-electron chi connectivity index (χ0n) is 11.7. The molecular weight excluding hydrogens is 316 g/mol. The van der Waals surface area contributed by atoms with E-state index in [2.05, 4.69) is 28.3 Å². The maximum atomic E-state index is 6.06. The van der Waals surface area contributed by atoms with Crippen LogP contribution in [0.25, 0.3) is 26.9 Å². The largest absolute Gasteiger partial charge is 0.235 e. The lowest BCUT2D eigenvalue weighted by molar-refractivity contribution is 0.969.